The maximum atomic E-state index is 10.1. The van der Waals surface area contributed by atoms with Gasteiger partial charge in [-0.05, 0) is 61.9 Å². The molecule has 0 saturated carbocycles. The first-order valence-corrected chi connectivity index (χ1v) is 8.91. The average Bonchev–Trinajstić information content (AvgIpc) is 2.64. The van der Waals surface area contributed by atoms with Crippen LogP contribution in [0.1, 0.15) is 29.5 Å². The summed E-state index contributed by atoms with van der Waals surface area (Å²) in [4.78, 5) is 6.81. The Balaban J connectivity index is 1.59. The van der Waals surface area contributed by atoms with Crippen LogP contribution in [0.2, 0.25) is 0 Å². The van der Waals surface area contributed by atoms with Crippen LogP contribution in [0.15, 0.2) is 30.5 Å². The number of pyridine rings is 1. The first-order chi connectivity index (χ1) is 12.1. The molecule has 1 aromatic heterocycles. The Kier molecular flexibility index (Phi) is 5.43. The number of anilines is 2. The van der Waals surface area contributed by atoms with E-state index in [-0.39, 0.29) is 0 Å². The Morgan fingerprint density at radius 3 is 2.52 bits per heavy atom. The zero-order valence-corrected chi connectivity index (χ0v) is 15.0. The van der Waals surface area contributed by atoms with Crippen LogP contribution in [-0.2, 0) is 6.54 Å². The molecule has 134 valence electrons. The number of aliphatic hydroxyl groups is 1. The lowest BCUT2D eigenvalue weighted by Gasteiger charge is -2.32. The van der Waals surface area contributed by atoms with Gasteiger partial charge in [0.15, 0.2) is 0 Å². The van der Waals surface area contributed by atoms with E-state index < -0.39 is 0 Å². The first kappa shape index (κ1) is 17.5. The van der Waals surface area contributed by atoms with Crippen LogP contribution in [-0.4, -0.2) is 34.9 Å². The highest BCUT2D eigenvalue weighted by Crippen LogP contribution is 2.25. The topological polar surface area (TPSA) is 68.6 Å². The summed E-state index contributed by atoms with van der Waals surface area (Å²) in [6.07, 6.45) is 3.95. The van der Waals surface area contributed by atoms with Gasteiger partial charge < -0.3 is 20.4 Å². The van der Waals surface area contributed by atoms with E-state index in [4.69, 9.17) is 0 Å². The third-order valence-corrected chi connectivity index (χ3v) is 5.14. The Hall–Kier alpha value is -2.27. The molecule has 0 spiro atoms. The van der Waals surface area contributed by atoms with Gasteiger partial charge >= 0.3 is 0 Å². The van der Waals surface area contributed by atoms with E-state index in [0.29, 0.717) is 24.8 Å². The summed E-state index contributed by atoms with van der Waals surface area (Å²) in [5.41, 5.74) is 4.26. The molecule has 0 bridgehead atoms. The van der Waals surface area contributed by atoms with Crippen molar-refractivity contribution in [2.75, 3.05) is 29.9 Å². The van der Waals surface area contributed by atoms with Gasteiger partial charge in [-0.1, -0.05) is 6.07 Å². The summed E-state index contributed by atoms with van der Waals surface area (Å²) >= 11 is 0. The third kappa shape index (κ3) is 4.23. The number of hydrogen-bond acceptors (Lipinski definition) is 5. The Morgan fingerprint density at radius 1 is 1.16 bits per heavy atom. The second-order valence-electron chi connectivity index (χ2n) is 6.93. The van der Waals surface area contributed by atoms with Gasteiger partial charge in [-0.25, -0.2) is 4.98 Å². The van der Waals surface area contributed by atoms with Crippen molar-refractivity contribution in [1.82, 2.24) is 4.98 Å². The highest BCUT2D eigenvalue weighted by Gasteiger charge is 2.18. The maximum Gasteiger partial charge on any atom is 0.126 e. The van der Waals surface area contributed by atoms with Crippen LogP contribution in [0.5, 0.6) is 5.75 Å². The molecule has 25 heavy (non-hydrogen) atoms. The number of phenolic OH excluding ortho intramolecular Hbond substituents is 1. The monoisotopic (exact) mass is 341 g/mol. The largest absolute Gasteiger partial charge is 0.508 e. The number of aryl methyl sites for hydroxylation is 2. The second kappa shape index (κ2) is 7.74. The van der Waals surface area contributed by atoms with Crippen LogP contribution in [0.4, 0.5) is 11.5 Å². The molecule has 1 saturated heterocycles. The van der Waals surface area contributed by atoms with Crippen LogP contribution in [0.25, 0.3) is 0 Å². The molecule has 5 heteroatoms. The minimum Gasteiger partial charge on any atom is -0.508 e. The van der Waals surface area contributed by atoms with E-state index in [0.717, 1.165) is 48.6 Å². The Morgan fingerprint density at radius 2 is 1.88 bits per heavy atom. The van der Waals surface area contributed by atoms with Crippen molar-refractivity contribution in [3.8, 4) is 5.75 Å². The summed E-state index contributed by atoms with van der Waals surface area (Å²) in [6.45, 7) is 6.81. The molecule has 0 unspecified atom stereocenters. The summed E-state index contributed by atoms with van der Waals surface area (Å²) in [5, 5.41) is 22.6. The van der Waals surface area contributed by atoms with Crippen molar-refractivity contribution in [3.05, 3.63) is 47.2 Å². The molecule has 0 amide bonds. The highest BCUT2D eigenvalue weighted by molar-refractivity contribution is 5.50. The molecule has 3 N–H and O–H groups in total. The molecule has 1 aliphatic rings. The lowest BCUT2D eigenvalue weighted by atomic mass is 9.98. The number of aromatic hydroxyl groups is 1. The van der Waals surface area contributed by atoms with Gasteiger partial charge in [0.2, 0.25) is 0 Å². The van der Waals surface area contributed by atoms with E-state index in [1.54, 1.807) is 6.07 Å². The molecule has 1 aliphatic heterocycles. The van der Waals surface area contributed by atoms with Crippen LogP contribution < -0.4 is 10.2 Å². The zero-order chi connectivity index (χ0) is 17.8. The fraction of sp³-hybridized carbons (Fsp3) is 0.450. The molecular weight excluding hydrogens is 314 g/mol. The number of nitrogens with zero attached hydrogens (tertiary/aromatic N) is 2. The maximum absolute atomic E-state index is 10.1. The van der Waals surface area contributed by atoms with Crippen molar-refractivity contribution in [2.45, 2.75) is 33.2 Å². The standard InChI is InChI=1S/C20H27N3O2/c1-14-9-17(19(25)10-15(14)2)11-21-20-4-3-18(12-22-20)23-7-5-16(13-24)6-8-23/h3-4,9-10,12,16,24-25H,5-8,11,13H2,1-2H3,(H,21,22). The normalized spacial score (nSPS) is 15.4. The van der Waals surface area contributed by atoms with Crippen LogP contribution in [0, 0.1) is 19.8 Å². The van der Waals surface area contributed by atoms with Crippen LogP contribution in [0.3, 0.4) is 0 Å². The fourth-order valence-corrected chi connectivity index (χ4v) is 3.24. The van der Waals surface area contributed by atoms with Gasteiger partial charge in [-0.3, -0.25) is 0 Å². The smallest absolute Gasteiger partial charge is 0.126 e. The van der Waals surface area contributed by atoms with E-state index in [9.17, 15) is 10.2 Å². The Labute approximate surface area is 149 Å². The number of aromatic nitrogens is 1. The van der Waals surface area contributed by atoms with Gasteiger partial charge in [0.1, 0.15) is 11.6 Å². The van der Waals surface area contributed by atoms with Crippen molar-refractivity contribution in [1.29, 1.82) is 0 Å². The van der Waals surface area contributed by atoms with E-state index in [2.05, 4.69) is 21.3 Å². The van der Waals surface area contributed by atoms with Gasteiger partial charge in [0, 0.05) is 31.8 Å². The van der Waals surface area contributed by atoms with E-state index >= 15 is 0 Å². The predicted octanol–water partition coefficient (Wildman–Crippen LogP) is 3.22. The fourth-order valence-electron chi connectivity index (χ4n) is 3.24. The van der Waals surface area contributed by atoms with Gasteiger partial charge in [0.25, 0.3) is 0 Å². The summed E-state index contributed by atoms with van der Waals surface area (Å²) < 4.78 is 0. The molecule has 0 atom stereocenters. The highest BCUT2D eigenvalue weighted by atomic mass is 16.3. The van der Waals surface area contributed by atoms with Crippen molar-refractivity contribution >= 4 is 11.5 Å². The molecule has 0 radical (unpaired) electrons. The number of nitrogens with one attached hydrogen (secondary N) is 1. The Bertz CT molecular complexity index is 708. The zero-order valence-electron chi connectivity index (χ0n) is 15.0. The molecule has 5 nitrogen and oxygen atoms in total. The minimum atomic E-state index is 0.292. The molecule has 2 heterocycles. The van der Waals surface area contributed by atoms with E-state index in [1.807, 2.05) is 32.2 Å². The predicted molar refractivity (Wildman–Crippen MR) is 101 cm³/mol. The lowest BCUT2D eigenvalue weighted by Crippen LogP contribution is -2.34. The quantitative estimate of drug-likeness (QED) is 0.779. The SMILES string of the molecule is Cc1cc(O)c(CNc2ccc(N3CCC(CO)CC3)cn2)cc1C. The number of benzene rings is 1. The van der Waals surface area contributed by atoms with Crippen molar-refractivity contribution < 1.29 is 10.2 Å². The van der Waals surface area contributed by atoms with Gasteiger partial charge in [0.05, 0.1) is 11.9 Å². The van der Waals surface area contributed by atoms with Crippen LogP contribution >= 0.6 is 0 Å². The van der Waals surface area contributed by atoms with Gasteiger partial charge in [-0.15, -0.1) is 0 Å². The summed E-state index contributed by atoms with van der Waals surface area (Å²) in [5.74, 6) is 1.56. The van der Waals surface area contributed by atoms with Crippen molar-refractivity contribution in [2.24, 2.45) is 5.92 Å². The third-order valence-electron chi connectivity index (χ3n) is 5.14. The molecule has 0 aliphatic carbocycles. The number of phenols is 1. The number of aliphatic hydroxyl groups excluding tert-OH is 1. The number of rotatable bonds is 5. The summed E-state index contributed by atoms with van der Waals surface area (Å²) in [7, 11) is 0. The number of piperidine rings is 1. The lowest BCUT2D eigenvalue weighted by molar-refractivity contribution is 0.203. The number of hydrogen-bond donors (Lipinski definition) is 3. The first-order valence-electron chi connectivity index (χ1n) is 8.91. The molecule has 3 rings (SSSR count). The molecule has 1 fully saturated rings. The van der Waals surface area contributed by atoms with Gasteiger partial charge in [-0.2, -0.15) is 0 Å². The minimum absolute atomic E-state index is 0.292. The average molecular weight is 341 g/mol. The molecule has 1 aromatic carbocycles. The second-order valence-corrected chi connectivity index (χ2v) is 6.93. The van der Waals surface area contributed by atoms with Crippen molar-refractivity contribution in [3.63, 3.8) is 0 Å². The van der Waals surface area contributed by atoms with E-state index in [1.165, 1.54) is 5.56 Å². The molecule has 2 aromatic rings. The summed E-state index contributed by atoms with van der Waals surface area (Å²) in [6, 6.07) is 7.87. The molecular formula is C20H27N3O2.